The Kier molecular flexibility index (Phi) is 7.62. The highest BCUT2D eigenvalue weighted by atomic mass is 16.5. The summed E-state index contributed by atoms with van der Waals surface area (Å²) in [5, 5.41) is 14.7. The number of rotatable bonds is 7. The van der Waals surface area contributed by atoms with Gasteiger partial charge in [-0.2, -0.15) is 10.4 Å². The Balaban J connectivity index is 1.49. The minimum absolute atomic E-state index is 0.0625. The summed E-state index contributed by atoms with van der Waals surface area (Å²) in [6.45, 7) is 4.37. The number of morpholine rings is 1. The smallest absolute Gasteiger partial charge is 0.264 e. The van der Waals surface area contributed by atoms with Crippen molar-refractivity contribution in [1.29, 1.82) is 5.26 Å². The molecule has 1 saturated heterocycles. The first-order valence-electron chi connectivity index (χ1n) is 12.5. The standard InChI is InChI=1S/C31H28N4O3/c1-23-10-12-24(13-11-23)22-38-29-9-5-6-25(19-29)30-27(21-35(33-30)28-7-3-2-4-8-28)18-26(20-32)31(36)34-14-16-37-17-15-34/h2-13,18-19,21H,14-17,22H2,1H3. The number of aromatic nitrogens is 2. The molecule has 1 aliphatic rings. The van der Waals surface area contributed by atoms with E-state index in [9.17, 15) is 10.1 Å². The Labute approximate surface area is 222 Å². The first-order valence-corrected chi connectivity index (χ1v) is 12.5. The SMILES string of the molecule is Cc1ccc(COc2cccc(-c3nn(-c4ccccc4)cc3C=C(C#N)C(=O)N3CCOCC3)c2)cc1. The maximum atomic E-state index is 13.1. The van der Waals surface area contributed by atoms with Crippen LogP contribution in [0.3, 0.4) is 0 Å². The van der Waals surface area contributed by atoms with Crippen LogP contribution in [-0.2, 0) is 16.1 Å². The molecule has 0 aliphatic carbocycles. The lowest BCUT2D eigenvalue weighted by Crippen LogP contribution is -2.41. The van der Waals surface area contributed by atoms with Crippen molar-refractivity contribution in [3.05, 3.63) is 107 Å². The normalized spacial score (nSPS) is 13.7. The van der Waals surface area contributed by atoms with E-state index < -0.39 is 0 Å². The number of para-hydroxylation sites is 1. The fourth-order valence-electron chi connectivity index (χ4n) is 4.25. The number of aryl methyl sites for hydroxylation is 1. The third-order valence-electron chi connectivity index (χ3n) is 6.35. The highest BCUT2D eigenvalue weighted by molar-refractivity contribution is 6.02. The van der Waals surface area contributed by atoms with Gasteiger partial charge in [0.2, 0.25) is 0 Å². The monoisotopic (exact) mass is 504 g/mol. The van der Waals surface area contributed by atoms with E-state index in [-0.39, 0.29) is 11.5 Å². The van der Waals surface area contributed by atoms with Gasteiger partial charge in [-0.15, -0.1) is 0 Å². The van der Waals surface area contributed by atoms with Crippen LogP contribution < -0.4 is 4.74 Å². The van der Waals surface area contributed by atoms with Gasteiger partial charge in [0.1, 0.15) is 29.7 Å². The van der Waals surface area contributed by atoms with Crippen LogP contribution in [0.15, 0.2) is 90.6 Å². The second kappa shape index (κ2) is 11.6. The molecular formula is C31H28N4O3. The molecule has 1 fully saturated rings. The summed E-state index contributed by atoms with van der Waals surface area (Å²) in [6.07, 6.45) is 3.47. The molecule has 38 heavy (non-hydrogen) atoms. The Bertz CT molecular complexity index is 1480. The lowest BCUT2D eigenvalue weighted by molar-refractivity contribution is -0.130. The molecule has 7 heteroatoms. The number of hydrogen-bond acceptors (Lipinski definition) is 5. The van der Waals surface area contributed by atoms with Crippen LogP contribution in [-0.4, -0.2) is 46.9 Å². The van der Waals surface area contributed by atoms with Gasteiger partial charge in [0.05, 0.1) is 18.9 Å². The van der Waals surface area contributed by atoms with Gasteiger partial charge in [-0.3, -0.25) is 4.79 Å². The van der Waals surface area contributed by atoms with Crippen molar-refractivity contribution in [3.8, 4) is 28.8 Å². The van der Waals surface area contributed by atoms with Gasteiger partial charge in [-0.1, -0.05) is 60.2 Å². The number of carbonyl (C=O) groups excluding carboxylic acids is 1. The Hall–Kier alpha value is -4.67. The molecule has 0 N–H and O–H groups in total. The van der Waals surface area contributed by atoms with Crippen molar-refractivity contribution < 1.29 is 14.3 Å². The fraction of sp³-hybridized carbons (Fsp3) is 0.194. The topological polar surface area (TPSA) is 80.4 Å². The van der Waals surface area contributed by atoms with Crippen LogP contribution >= 0.6 is 0 Å². The van der Waals surface area contributed by atoms with Gasteiger partial charge >= 0.3 is 0 Å². The van der Waals surface area contributed by atoms with E-state index in [1.54, 1.807) is 15.7 Å². The summed E-state index contributed by atoms with van der Waals surface area (Å²) in [6, 6.07) is 27.8. The first kappa shape index (κ1) is 25.0. The molecule has 190 valence electrons. The summed E-state index contributed by atoms with van der Waals surface area (Å²) in [7, 11) is 0. The van der Waals surface area contributed by atoms with Crippen LogP contribution in [0.5, 0.6) is 5.75 Å². The molecule has 1 aliphatic heterocycles. The molecular weight excluding hydrogens is 476 g/mol. The van der Waals surface area contributed by atoms with Crippen molar-refractivity contribution in [2.75, 3.05) is 26.3 Å². The van der Waals surface area contributed by atoms with Gasteiger partial charge in [-0.25, -0.2) is 4.68 Å². The van der Waals surface area contributed by atoms with Crippen molar-refractivity contribution in [2.24, 2.45) is 0 Å². The van der Waals surface area contributed by atoms with Gasteiger partial charge in [-0.05, 0) is 42.8 Å². The van der Waals surface area contributed by atoms with E-state index in [0.717, 1.165) is 16.8 Å². The van der Waals surface area contributed by atoms with Crippen molar-refractivity contribution in [1.82, 2.24) is 14.7 Å². The second-order valence-corrected chi connectivity index (χ2v) is 9.09. The summed E-state index contributed by atoms with van der Waals surface area (Å²) in [5.41, 5.74) is 5.36. The summed E-state index contributed by atoms with van der Waals surface area (Å²) < 4.78 is 13.2. The third-order valence-corrected chi connectivity index (χ3v) is 6.35. The molecule has 0 unspecified atom stereocenters. The predicted octanol–water partition coefficient (Wildman–Crippen LogP) is 5.19. The minimum atomic E-state index is -0.301. The quantitative estimate of drug-likeness (QED) is 0.256. The van der Waals surface area contributed by atoms with Crippen LogP contribution in [0.25, 0.3) is 23.0 Å². The molecule has 5 rings (SSSR count). The van der Waals surface area contributed by atoms with E-state index in [0.29, 0.717) is 49.9 Å². The van der Waals surface area contributed by atoms with Crippen LogP contribution in [0.1, 0.15) is 16.7 Å². The molecule has 2 heterocycles. The molecule has 0 atom stereocenters. The molecule has 0 bridgehead atoms. The lowest BCUT2D eigenvalue weighted by atomic mass is 10.1. The Morgan fingerprint density at radius 3 is 2.55 bits per heavy atom. The van der Waals surface area contributed by atoms with Crippen molar-refractivity contribution in [2.45, 2.75) is 13.5 Å². The van der Waals surface area contributed by atoms with Crippen LogP contribution in [0, 0.1) is 18.3 Å². The zero-order chi connectivity index (χ0) is 26.3. The maximum absolute atomic E-state index is 13.1. The molecule has 1 amide bonds. The van der Waals surface area contributed by atoms with E-state index in [1.807, 2.05) is 60.8 Å². The molecule has 0 radical (unpaired) electrons. The molecule has 0 saturated carbocycles. The van der Waals surface area contributed by atoms with E-state index in [2.05, 4.69) is 37.3 Å². The third kappa shape index (κ3) is 5.83. The minimum Gasteiger partial charge on any atom is -0.489 e. The molecule has 4 aromatic rings. The molecule has 1 aromatic heterocycles. The highest BCUT2D eigenvalue weighted by Crippen LogP contribution is 2.29. The van der Waals surface area contributed by atoms with E-state index >= 15 is 0 Å². The number of carbonyl (C=O) groups is 1. The average molecular weight is 505 g/mol. The summed E-state index contributed by atoms with van der Waals surface area (Å²) >= 11 is 0. The number of nitriles is 1. The predicted molar refractivity (Wildman–Crippen MR) is 145 cm³/mol. The number of amides is 1. The zero-order valence-electron chi connectivity index (χ0n) is 21.2. The van der Waals surface area contributed by atoms with Crippen LogP contribution in [0.2, 0.25) is 0 Å². The lowest BCUT2D eigenvalue weighted by Gasteiger charge is -2.26. The van der Waals surface area contributed by atoms with E-state index in [1.165, 1.54) is 5.56 Å². The number of hydrogen-bond donors (Lipinski definition) is 0. The Morgan fingerprint density at radius 1 is 1.05 bits per heavy atom. The first-order chi connectivity index (χ1) is 18.6. The number of nitrogens with zero attached hydrogens (tertiary/aromatic N) is 4. The van der Waals surface area contributed by atoms with Crippen molar-refractivity contribution in [3.63, 3.8) is 0 Å². The van der Waals surface area contributed by atoms with Gasteiger partial charge in [0.15, 0.2) is 0 Å². The molecule has 7 nitrogen and oxygen atoms in total. The summed E-state index contributed by atoms with van der Waals surface area (Å²) in [5.74, 6) is 0.404. The molecule has 3 aromatic carbocycles. The summed E-state index contributed by atoms with van der Waals surface area (Å²) in [4.78, 5) is 14.7. The number of ether oxygens (including phenoxy) is 2. The van der Waals surface area contributed by atoms with Gasteiger partial charge < -0.3 is 14.4 Å². The maximum Gasteiger partial charge on any atom is 0.264 e. The Morgan fingerprint density at radius 2 is 1.82 bits per heavy atom. The highest BCUT2D eigenvalue weighted by Gasteiger charge is 2.22. The molecule has 0 spiro atoms. The second-order valence-electron chi connectivity index (χ2n) is 9.09. The van der Waals surface area contributed by atoms with Crippen LogP contribution in [0.4, 0.5) is 0 Å². The number of benzene rings is 3. The van der Waals surface area contributed by atoms with E-state index in [4.69, 9.17) is 14.6 Å². The fourth-order valence-corrected chi connectivity index (χ4v) is 4.25. The largest absolute Gasteiger partial charge is 0.489 e. The van der Waals surface area contributed by atoms with Crippen molar-refractivity contribution >= 4 is 12.0 Å². The zero-order valence-corrected chi connectivity index (χ0v) is 21.2. The average Bonchev–Trinajstić information content (AvgIpc) is 3.40. The van der Waals surface area contributed by atoms with Gasteiger partial charge in [0.25, 0.3) is 5.91 Å². The van der Waals surface area contributed by atoms with Gasteiger partial charge in [0, 0.05) is 30.4 Å².